The second kappa shape index (κ2) is 11.6. The van der Waals surface area contributed by atoms with E-state index < -0.39 is 11.6 Å². The average molecular weight is 516 g/mol. The Morgan fingerprint density at radius 2 is 1.89 bits per heavy atom. The van der Waals surface area contributed by atoms with Crippen molar-refractivity contribution in [3.05, 3.63) is 59.2 Å². The van der Waals surface area contributed by atoms with Crippen LogP contribution in [0, 0.1) is 23.5 Å². The van der Waals surface area contributed by atoms with E-state index in [4.69, 9.17) is 9.47 Å². The van der Waals surface area contributed by atoms with Gasteiger partial charge in [-0.3, -0.25) is 14.5 Å². The molecule has 200 valence electrons. The zero-order chi connectivity index (χ0) is 26.7. The molecular formula is C28H35F2N3O4. The highest BCUT2D eigenvalue weighted by atomic mass is 19.1. The average Bonchev–Trinajstić information content (AvgIpc) is 3.72. The van der Waals surface area contributed by atoms with Crippen molar-refractivity contribution in [3.63, 3.8) is 0 Å². The van der Waals surface area contributed by atoms with E-state index in [0.29, 0.717) is 30.1 Å². The summed E-state index contributed by atoms with van der Waals surface area (Å²) < 4.78 is 40.3. The van der Waals surface area contributed by atoms with Gasteiger partial charge < -0.3 is 19.7 Å². The number of likely N-dealkylation sites (N-methyl/N-ethyl adjacent to an activating group) is 1. The maximum atomic E-state index is 14.5. The molecule has 2 aromatic rings. The van der Waals surface area contributed by atoms with Crippen molar-refractivity contribution in [1.82, 2.24) is 9.80 Å². The lowest BCUT2D eigenvalue weighted by Crippen LogP contribution is -2.46. The Labute approximate surface area is 216 Å². The molecular weight excluding hydrogens is 480 g/mol. The van der Waals surface area contributed by atoms with E-state index in [-0.39, 0.29) is 54.5 Å². The summed E-state index contributed by atoms with van der Waals surface area (Å²) in [5.74, 6) is -0.827. The summed E-state index contributed by atoms with van der Waals surface area (Å²) in [6.45, 7) is 5.21. The molecule has 2 aliphatic rings. The Morgan fingerprint density at radius 3 is 2.59 bits per heavy atom. The van der Waals surface area contributed by atoms with Crippen LogP contribution in [0.15, 0.2) is 36.4 Å². The van der Waals surface area contributed by atoms with Gasteiger partial charge in [0, 0.05) is 63.1 Å². The molecule has 1 saturated carbocycles. The van der Waals surface area contributed by atoms with E-state index >= 15 is 0 Å². The van der Waals surface area contributed by atoms with Crippen molar-refractivity contribution in [3.8, 4) is 5.75 Å². The molecule has 0 radical (unpaired) electrons. The van der Waals surface area contributed by atoms with Crippen molar-refractivity contribution in [2.24, 2.45) is 11.8 Å². The number of benzene rings is 2. The fourth-order valence-corrected chi connectivity index (χ4v) is 4.62. The molecule has 9 heteroatoms. The predicted octanol–water partition coefficient (Wildman–Crippen LogP) is 4.32. The second-order valence-electron chi connectivity index (χ2n) is 10.2. The molecule has 3 atom stereocenters. The molecule has 1 heterocycles. The smallest absolute Gasteiger partial charge is 0.257 e. The van der Waals surface area contributed by atoms with Gasteiger partial charge in [-0.25, -0.2) is 8.78 Å². The Hall–Kier alpha value is -3.04. The topological polar surface area (TPSA) is 71.1 Å². The molecule has 4 rings (SSSR count). The summed E-state index contributed by atoms with van der Waals surface area (Å²) in [6, 6.07) is 8.30. The van der Waals surface area contributed by atoms with E-state index in [1.165, 1.54) is 6.07 Å². The van der Waals surface area contributed by atoms with Gasteiger partial charge in [0.2, 0.25) is 5.91 Å². The van der Waals surface area contributed by atoms with Gasteiger partial charge in [0.1, 0.15) is 24.0 Å². The lowest BCUT2D eigenvalue weighted by Gasteiger charge is -2.36. The number of carbonyl (C=O) groups excluding carboxylic acids is 2. The molecule has 0 aromatic heterocycles. The largest absolute Gasteiger partial charge is 0.491 e. The van der Waals surface area contributed by atoms with Gasteiger partial charge in [0.15, 0.2) is 0 Å². The Morgan fingerprint density at radius 1 is 1.14 bits per heavy atom. The number of ether oxygens (including phenoxy) is 2. The van der Waals surface area contributed by atoms with Crippen molar-refractivity contribution in [2.45, 2.75) is 45.4 Å². The zero-order valence-electron chi connectivity index (χ0n) is 21.8. The molecule has 37 heavy (non-hydrogen) atoms. The molecule has 1 aliphatic carbocycles. The van der Waals surface area contributed by atoms with Crippen LogP contribution in [0.3, 0.4) is 0 Å². The molecule has 0 unspecified atom stereocenters. The predicted molar refractivity (Wildman–Crippen MR) is 136 cm³/mol. The third-order valence-electron chi connectivity index (χ3n) is 7.17. The Kier molecular flexibility index (Phi) is 8.44. The van der Waals surface area contributed by atoms with Crippen LogP contribution in [-0.2, 0) is 16.1 Å². The number of hydrogen-bond donors (Lipinski definition) is 1. The minimum atomic E-state index is -0.493. The summed E-state index contributed by atoms with van der Waals surface area (Å²) in [5.41, 5.74) is 1.20. The molecule has 1 N–H and O–H groups in total. The van der Waals surface area contributed by atoms with Crippen molar-refractivity contribution in [2.75, 3.05) is 39.2 Å². The van der Waals surface area contributed by atoms with Crippen LogP contribution in [0.1, 0.15) is 42.6 Å². The molecule has 7 nitrogen and oxygen atoms in total. The van der Waals surface area contributed by atoms with Crippen LogP contribution >= 0.6 is 0 Å². The van der Waals surface area contributed by atoms with Crippen molar-refractivity contribution >= 4 is 17.5 Å². The first-order valence-corrected chi connectivity index (χ1v) is 12.7. The van der Waals surface area contributed by atoms with E-state index in [9.17, 15) is 18.4 Å². The van der Waals surface area contributed by atoms with Crippen LogP contribution in [0.4, 0.5) is 14.5 Å². The summed E-state index contributed by atoms with van der Waals surface area (Å²) in [6.07, 6.45) is 1.49. The number of halogens is 2. The molecule has 0 spiro atoms. The fourth-order valence-electron chi connectivity index (χ4n) is 4.62. The van der Waals surface area contributed by atoms with Crippen LogP contribution in [0.5, 0.6) is 5.75 Å². The number of nitrogens with zero attached hydrogens (tertiary/aromatic N) is 2. The first-order chi connectivity index (χ1) is 17.7. The maximum Gasteiger partial charge on any atom is 0.257 e. The number of hydrogen-bond acceptors (Lipinski definition) is 5. The molecule has 0 saturated heterocycles. The van der Waals surface area contributed by atoms with Crippen LogP contribution < -0.4 is 10.1 Å². The molecule has 2 aromatic carbocycles. The van der Waals surface area contributed by atoms with E-state index in [1.807, 2.05) is 18.7 Å². The highest BCUT2D eigenvalue weighted by Crippen LogP contribution is 2.32. The maximum absolute atomic E-state index is 14.5. The molecule has 1 fully saturated rings. The van der Waals surface area contributed by atoms with E-state index in [0.717, 1.165) is 25.0 Å². The normalized spacial score (nSPS) is 23.5. The molecule has 1 aliphatic heterocycles. The highest BCUT2D eigenvalue weighted by molar-refractivity contribution is 5.99. The minimum absolute atomic E-state index is 0.0155. The second-order valence-corrected chi connectivity index (χ2v) is 10.2. The van der Waals surface area contributed by atoms with Crippen LogP contribution in [0.2, 0.25) is 0 Å². The van der Waals surface area contributed by atoms with E-state index in [2.05, 4.69) is 5.32 Å². The number of fused-ring (bicyclic) bond motifs is 1. The Bertz CT molecular complexity index is 1140. The highest BCUT2D eigenvalue weighted by Gasteiger charge is 2.31. The lowest BCUT2D eigenvalue weighted by atomic mass is 10.0. The number of nitrogens with one attached hydrogen (secondary N) is 1. The summed E-state index contributed by atoms with van der Waals surface area (Å²) >= 11 is 0. The fraction of sp³-hybridized carbons (Fsp3) is 0.500. The Balaban J connectivity index is 1.64. The van der Waals surface area contributed by atoms with Gasteiger partial charge in [-0.15, -0.1) is 0 Å². The standard InChI is InChI=1S/C28H35F2N3O4/c1-17-13-33(14-20-11-21(29)7-10-24(20)30)18(2)16-37-25-12-22(31-27(34)19-5-6-19)8-9-23(25)28(35)32(3)15-26(17)36-4/h7-12,17-19,26H,5-6,13-16H2,1-4H3,(H,31,34)/t17-,18+,26+/m0/s1. The number of amides is 2. The summed E-state index contributed by atoms with van der Waals surface area (Å²) in [4.78, 5) is 29.3. The van der Waals surface area contributed by atoms with Gasteiger partial charge in [-0.1, -0.05) is 6.92 Å². The van der Waals surface area contributed by atoms with E-state index in [1.54, 1.807) is 37.3 Å². The van der Waals surface area contributed by atoms with Crippen LogP contribution in [-0.4, -0.2) is 67.6 Å². The molecule has 2 amide bonds. The number of rotatable bonds is 5. The third-order valence-corrected chi connectivity index (χ3v) is 7.17. The minimum Gasteiger partial charge on any atom is -0.491 e. The summed E-state index contributed by atoms with van der Waals surface area (Å²) in [7, 11) is 3.32. The van der Waals surface area contributed by atoms with Crippen molar-refractivity contribution < 1.29 is 27.8 Å². The molecule has 0 bridgehead atoms. The lowest BCUT2D eigenvalue weighted by molar-refractivity contribution is -0.117. The van der Waals surface area contributed by atoms with Gasteiger partial charge in [-0.2, -0.15) is 0 Å². The van der Waals surface area contributed by atoms with Gasteiger partial charge in [0.05, 0.1) is 11.7 Å². The first-order valence-electron chi connectivity index (χ1n) is 12.7. The zero-order valence-corrected chi connectivity index (χ0v) is 21.8. The quantitative estimate of drug-likeness (QED) is 0.642. The number of anilines is 1. The third kappa shape index (κ3) is 6.64. The van der Waals surface area contributed by atoms with Crippen molar-refractivity contribution in [1.29, 1.82) is 0 Å². The number of methoxy groups -OCH3 is 1. The van der Waals surface area contributed by atoms with Gasteiger partial charge in [0.25, 0.3) is 5.91 Å². The SMILES string of the molecule is CO[C@@H]1CN(C)C(=O)c2ccc(NC(=O)C3CC3)cc2OC[C@@H](C)N(Cc2cc(F)ccc2F)C[C@@H]1C. The summed E-state index contributed by atoms with van der Waals surface area (Å²) in [5, 5.41) is 2.90. The van der Waals surface area contributed by atoms with Crippen LogP contribution in [0.25, 0.3) is 0 Å². The first kappa shape index (κ1) is 27.0. The monoisotopic (exact) mass is 515 g/mol. The van der Waals surface area contributed by atoms with Gasteiger partial charge >= 0.3 is 0 Å². The number of carbonyl (C=O) groups is 2. The van der Waals surface area contributed by atoms with Gasteiger partial charge in [-0.05, 0) is 56.0 Å².